The van der Waals surface area contributed by atoms with E-state index in [2.05, 4.69) is 49.9 Å². The van der Waals surface area contributed by atoms with E-state index in [1.807, 2.05) is 24.3 Å². The highest BCUT2D eigenvalue weighted by atomic mass is 19.3. The van der Waals surface area contributed by atoms with Gasteiger partial charge < -0.3 is 19.9 Å². The Balaban J connectivity index is 1.18. The van der Waals surface area contributed by atoms with Crippen LogP contribution in [0.25, 0.3) is 33.4 Å². The zero-order valence-electron chi connectivity index (χ0n) is 23.1. The Hall–Kier alpha value is -4.63. The molecular formula is C33H30F3N5O. The Kier molecular flexibility index (Phi) is 7.43. The van der Waals surface area contributed by atoms with Crippen molar-refractivity contribution in [2.75, 3.05) is 36.5 Å². The number of alkyl halides is 2. The number of rotatable bonds is 8. The molecule has 0 unspecified atom stereocenters. The first-order valence-corrected chi connectivity index (χ1v) is 13.7. The first-order chi connectivity index (χ1) is 20.2. The molecule has 1 saturated heterocycles. The Bertz CT molecular complexity index is 1750. The Morgan fingerprint density at radius 2 is 1.86 bits per heavy atom. The molecule has 4 heterocycles. The number of nitrogens with zero attached hydrogens (tertiary/aromatic N) is 3. The lowest BCUT2D eigenvalue weighted by atomic mass is 10.0. The monoisotopic (exact) mass is 569 g/mol. The van der Waals surface area contributed by atoms with Gasteiger partial charge in [0, 0.05) is 83.5 Å². The van der Waals surface area contributed by atoms with E-state index in [1.165, 1.54) is 24.4 Å². The molecule has 6 rings (SSSR count). The molecule has 6 nitrogen and oxygen atoms in total. The molecule has 0 aliphatic carbocycles. The second kappa shape index (κ2) is 11.3. The number of fused-ring (bicyclic) bond motifs is 1. The molecular weight excluding hydrogens is 539 g/mol. The molecule has 2 N–H and O–H groups in total. The Labute approximate surface area is 241 Å². The van der Waals surface area contributed by atoms with Gasteiger partial charge in [-0.25, -0.2) is 23.1 Å². The molecule has 0 atom stereocenters. The second-order valence-electron chi connectivity index (χ2n) is 10.5. The average Bonchev–Trinajstić information content (AvgIpc) is 3.41. The number of benzene rings is 2. The summed E-state index contributed by atoms with van der Waals surface area (Å²) in [6.45, 7) is 7.96. The van der Waals surface area contributed by atoms with Gasteiger partial charge in [-0.3, -0.25) is 0 Å². The van der Waals surface area contributed by atoms with Crippen molar-refractivity contribution in [3.63, 3.8) is 0 Å². The standard InChI is InChI=1S/C33H30F3N5O/c1-21(39-31-19-26(8-9-37-31)33(2,35)36)14-22-6-7-28(29(34)15-22)25-16-24-18-30(40-32(24)38-20-25)23-4-3-5-27(17-23)41-10-12-42-13-11-41/h3-9,15-20H,1,10-14H2,2H3,(H,37,39)(H,38,40). The van der Waals surface area contributed by atoms with Crippen molar-refractivity contribution < 1.29 is 17.9 Å². The van der Waals surface area contributed by atoms with Crippen LogP contribution in [0.1, 0.15) is 18.1 Å². The van der Waals surface area contributed by atoms with Crippen molar-refractivity contribution in [1.82, 2.24) is 15.0 Å². The minimum absolute atomic E-state index is 0.148. The van der Waals surface area contributed by atoms with Crippen molar-refractivity contribution in [2.24, 2.45) is 0 Å². The quantitative estimate of drug-likeness (QED) is 0.202. The maximum absolute atomic E-state index is 15.3. The van der Waals surface area contributed by atoms with Gasteiger partial charge >= 0.3 is 0 Å². The predicted molar refractivity (Wildman–Crippen MR) is 160 cm³/mol. The van der Waals surface area contributed by atoms with Gasteiger partial charge in [0.2, 0.25) is 0 Å². The van der Waals surface area contributed by atoms with Crippen LogP contribution in [0.5, 0.6) is 0 Å². The third kappa shape index (κ3) is 6.01. The molecule has 0 amide bonds. The van der Waals surface area contributed by atoms with E-state index in [0.29, 0.717) is 28.8 Å². The molecule has 0 radical (unpaired) electrons. The average molecular weight is 570 g/mol. The van der Waals surface area contributed by atoms with Gasteiger partial charge in [0.1, 0.15) is 17.3 Å². The number of ether oxygens (including phenoxy) is 1. The Morgan fingerprint density at radius 1 is 1.02 bits per heavy atom. The predicted octanol–water partition coefficient (Wildman–Crippen LogP) is 7.55. The number of pyridine rings is 2. The van der Waals surface area contributed by atoms with Crippen LogP contribution in [0.15, 0.2) is 91.4 Å². The molecule has 0 saturated carbocycles. The van der Waals surface area contributed by atoms with Gasteiger partial charge in [0.15, 0.2) is 0 Å². The molecule has 0 spiro atoms. The molecule has 5 aromatic rings. The summed E-state index contributed by atoms with van der Waals surface area (Å²) in [7, 11) is 0. The third-order valence-corrected chi connectivity index (χ3v) is 7.34. The highest BCUT2D eigenvalue weighted by Gasteiger charge is 2.24. The topological polar surface area (TPSA) is 66.1 Å². The molecule has 0 bridgehead atoms. The lowest BCUT2D eigenvalue weighted by Gasteiger charge is -2.29. The lowest BCUT2D eigenvalue weighted by Crippen LogP contribution is -2.36. The number of morpholine rings is 1. The number of hydrogen-bond donors (Lipinski definition) is 2. The smallest absolute Gasteiger partial charge is 0.270 e. The van der Waals surface area contributed by atoms with Crippen molar-refractivity contribution >= 4 is 22.5 Å². The zero-order valence-corrected chi connectivity index (χ0v) is 23.1. The van der Waals surface area contributed by atoms with E-state index in [-0.39, 0.29) is 17.2 Å². The zero-order chi connectivity index (χ0) is 29.3. The molecule has 3 aromatic heterocycles. The number of nitrogens with one attached hydrogen (secondary N) is 2. The van der Waals surface area contributed by atoms with Crippen molar-refractivity contribution in [3.8, 4) is 22.4 Å². The van der Waals surface area contributed by atoms with Crippen LogP contribution in [0, 0.1) is 5.82 Å². The van der Waals surface area contributed by atoms with Crippen molar-refractivity contribution in [1.29, 1.82) is 0 Å². The number of aromatic amines is 1. The van der Waals surface area contributed by atoms with Gasteiger partial charge in [-0.05, 0) is 48.0 Å². The number of anilines is 2. The van der Waals surface area contributed by atoms with E-state index < -0.39 is 5.92 Å². The fraction of sp³-hybridized carbons (Fsp3) is 0.212. The summed E-state index contributed by atoms with van der Waals surface area (Å²) in [5.74, 6) is -3.11. The highest BCUT2D eigenvalue weighted by molar-refractivity contribution is 5.87. The van der Waals surface area contributed by atoms with Gasteiger partial charge in [-0.1, -0.05) is 30.8 Å². The highest BCUT2D eigenvalue weighted by Crippen LogP contribution is 2.31. The third-order valence-electron chi connectivity index (χ3n) is 7.34. The first-order valence-electron chi connectivity index (χ1n) is 13.7. The van der Waals surface area contributed by atoms with Crippen molar-refractivity contribution in [3.05, 3.63) is 108 Å². The number of hydrogen-bond acceptors (Lipinski definition) is 5. The summed E-state index contributed by atoms with van der Waals surface area (Å²) < 4.78 is 48.1. The molecule has 1 aliphatic heterocycles. The largest absolute Gasteiger partial charge is 0.378 e. The minimum Gasteiger partial charge on any atom is -0.378 e. The summed E-state index contributed by atoms with van der Waals surface area (Å²) in [6.07, 6.45) is 3.28. The summed E-state index contributed by atoms with van der Waals surface area (Å²) in [5.41, 5.74) is 6.00. The summed E-state index contributed by atoms with van der Waals surface area (Å²) in [6, 6.07) is 19.9. The van der Waals surface area contributed by atoms with Crippen LogP contribution in [0.4, 0.5) is 24.7 Å². The number of H-pyrrole nitrogens is 1. The number of aromatic nitrogens is 3. The normalized spacial score (nSPS) is 13.9. The van der Waals surface area contributed by atoms with Crippen LogP contribution in [-0.2, 0) is 17.1 Å². The second-order valence-corrected chi connectivity index (χ2v) is 10.5. The van der Waals surface area contributed by atoms with E-state index >= 15 is 4.39 Å². The molecule has 1 fully saturated rings. The maximum atomic E-state index is 15.3. The van der Waals surface area contributed by atoms with E-state index in [9.17, 15) is 8.78 Å². The first kappa shape index (κ1) is 27.5. The summed E-state index contributed by atoms with van der Waals surface area (Å²) in [5, 5.41) is 3.83. The number of halogens is 3. The van der Waals surface area contributed by atoms with E-state index in [0.717, 1.165) is 61.2 Å². The summed E-state index contributed by atoms with van der Waals surface area (Å²) in [4.78, 5) is 14.3. The van der Waals surface area contributed by atoms with Gasteiger partial charge in [0.25, 0.3) is 5.92 Å². The summed E-state index contributed by atoms with van der Waals surface area (Å²) >= 11 is 0. The van der Waals surface area contributed by atoms with Crippen LogP contribution in [0.2, 0.25) is 0 Å². The lowest BCUT2D eigenvalue weighted by molar-refractivity contribution is 0.0174. The van der Waals surface area contributed by atoms with Gasteiger partial charge in [-0.2, -0.15) is 0 Å². The molecule has 2 aromatic carbocycles. The van der Waals surface area contributed by atoms with Crippen molar-refractivity contribution in [2.45, 2.75) is 19.3 Å². The van der Waals surface area contributed by atoms with Gasteiger partial charge in [-0.15, -0.1) is 0 Å². The SMILES string of the molecule is C=C(Cc1ccc(-c2cnc3[nH]c(-c4cccc(N5CCOCC5)c4)cc3c2)c(F)c1)Nc1cc(C(C)(F)F)ccn1. The van der Waals surface area contributed by atoms with E-state index in [1.54, 1.807) is 12.3 Å². The fourth-order valence-corrected chi connectivity index (χ4v) is 5.16. The maximum Gasteiger partial charge on any atom is 0.270 e. The molecule has 42 heavy (non-hydrogen) atoms. The van der Waals surface area contributed by atoms with Crippen LogP contribution < -0.4 is 10.2 Å². The van der Waals surface area contributed by atoms with Crippen LogP contribution in [0.3, 0.4) is 0 Å². The van der Waals surface area contributed by atoms with Gasteiger partial charge in [0.05, 0.1) is 13.2 Å². The van der Waals surface area contributed by atoms with E-state index in [4.69, 9.17) is 4.74 Å². The minimum atomic E-state index is -2.98. The Morgan fingerprint density at radius 3 is 2.64 bits per heavy atom. The molecule has 214 valence electrons. The fourth-order valence-electron chi connectivity index (χ4n) is 5.16. The molecule has 9 heteroatoms. The van der Waals surface area contributed by atoms with Crippen LogP contribution >= 0.6 is 0 Å². The number of allylic oxidation sites excluding steroid dienone is 1. The molecule has 1 aliphatic rings. The van der Waals surface area contributed by atoms with Crippen LogP contribution in [-0.4, -0.2) is 41.3 Å².